The quantitative estimate of drug-likeness (QED) is 0.428. The number of carbonyl (C=O) groups excluding carboxylic acids is 1. The van der Waals surface area contributed by atoms with Crippen LogP contribution in [0.15, 0.2) is 24.3 Å². The van der Waals surface area contributed by atoms with E-state index in [-0.39, 0.29) is 17.4 Å². The van der Waals surface area contributed by atoms with Gasteiger partial charge < -0.3 is 0 Å². The van der Waals surface area contributed by atoms with Crippen molar-refractivity contribution in [3.8, 4) is 0 Å². The molecule has 0 heterocycles. The molecule has 1 rings (SSSR count). The Hall–Kier alpha value is -1.36. The molecule has 0 aliphatic carbocycles. The fourth-order valence-corrected chi connectivity index (χ4v) is 0.645. The monoisotopic (exact) mass is 256 g/mol. The van der Waals surface area contributed by atoms with Crippen LogP contribution in [0.4, 0.5) is 0 Å². The summed E-state index contributed by atoms with van der Waals surface area (Å²) in [5.41, 5.74) is 1.92. The summed E-state index contributed by atoms with van der Waals surface area (Å²) in [6, 6.07) is 7.46. The largest absolute Gasteiger partial charge is 0 e. The Morgan fingerprint density at radius 1 is 0.938 bits per heavy atom. The Morgan fingerprint density at radius 3 is 1.50 bits per heavy atom. The molecule has 0 aliphatic rings. The fourth-order valence-electron chi connectivity index (χ4n) is 0.645. The van der Waals surface area contributed by atoms with Crippen molar-refractivity contribution < 1.29 is 36.1 Å². The SMILES string of the molecule is Cc1ccc(C=O)cc1.[C-]#[O+].[C-]#[O+].[C-]#[O+].[Cr]. The normalized spacial score (nSPS) is 5.44. The van der Waals surface area contributed by atoms with Crippen molar-refractivity contribution in [2.24, 2.45) is 0 Å². The minimum absolute atomic E-state index is 0. The molecule has 0 radical (unpaired) electrons. The third-order valence-electron chi connectivity index (χ3n) is 1.21. The average molecular weight is 256 g/mol. The molecule has 82 valence electrons. The third-order valence-corrected chi connectivity index (χ3v) is 1.21. The zero-order valence-electron chi connectivity index (χ0n) is 8.43. The van der Waals surface area contributed by atoms with Gasteiger partial charge in [0.1, 0.15) is 6.29 Å². The number of aryl methyl sites for hydroxylation is 1. The van der Waals surface area contributed by atoms with Crippen molar-refractivity contribution in [3.05, 3.63) is 55.3 Å². The Kier molecular flexibility index (Phi) is 35.3. The van der Waals surface area contributed by atoms with Crippen LogP contribution in [0.2, 0.25) is 0 Å². The van der Waals surface area contributed by atoms with E-state index in [1.807, 2.05) is 31.2 Å². The molecule has 0 bridgehead atoms. The first-order valence-corrected chi connectivity index (χ1v) is 3.46. The van der Waals surface area contributed by atoms with E-state index in [0.29, 0.717) is 0 Å². The van der Waals surface area contributed by atoms with Gasteiger partial charge in [0, 0.05) is 22.9 Å². The van der Waals surface area contributed by atoms with Crippen molar-refractivity contribution >= 4 is 6.29 Å². The van der Waals surface area contributed by atoms with Crippen molar-refractivity contribution in [1.29, 1.82) is 0 Å². The summed E-state index contributed by atoms with van der Waals surface area (Å²) in [5.74, 6) is 0. The Morgan fingerprint density at radius 2 is 1.25 bits per heavy atom. The molecule has 0 atom stereocenters. The maximum atomic E-state index is 10.1. The standard InChI is InChI=1S/C8H8O.3CO.Cr/c1-7-2-4-8(6-9)5-3-7;3*1-2;/h2-6H,1H3;;;;. The second-order valence-electron chi connectivity index (χ2n) is 2.03. The van der Waals surface area contributed by atoms with Crippen LogP contribution in [0.3, 0.4) is 0 Å². The van der Waals surface area contributed by atoms with Crippen LogP contribution in [-0.2, 0) is 31.3 Å². The number of rotatable bonds is 1. The smallest absolute Gasteiger partial charge is 0 e. The first kappa shape index (κ1) is 24.1. The van der Waals surface area contributed by atoms with Gasteiger partial charge in [-0.15, -0.1) is 0 Å². The minimum Gasteiger partial charge on any atom is 0 e. The molecule has 5 heteroatoms. The van der Waals surface area contributed by atoms with Crippen LogP contribution < -0.4 is 0 Å². The summed E-state index contributed by atoms with van der Waals surface area (Å²) in [5, 5.41) is 0. The van der Waals surface area contributed by atoms with Crippen LogP contribution in [0.25, 0.3) is 0 Å². The van der Waals surface area contributed by atoms with Gasteiger partial charge in [-0.1, -0.05) is 29.8 Å². The molecular formula is C11H8CrO4. The zero-order chi connectivity index (χ0) is 12.7. The van der Waals surface area contributed by atoms with Crippen molar-refractivity contribution in [1.82, 2.24) is 0 Å². The number of carbonyl (C=O) groups is 1. The van der Waals surface area contributed by atoms with Gasteiger partial charge in [-0.2, -0.15) is 0 Å². The summed E-state index contributed by atoms with van der Waals surface area (Å²) >= 11 is 0. The van der Waals surface area contributed by atoms with Gasteiger partial charge in [0.25, 0.3) is 0 Å². The molecule has 1 aromatic carbocycles. The van der Waals surface area contributed by atoms with E-state index in [2.05, 4.69) is 20.0 Å². The van der Waals surface area contributed by atoms with E-state index in [4.69, 9.17) is 14.0 Å². The van der Waals surface area contributed by atoms with E-state index in [1.54, 1.807) is 0 Å². The molecule has 16 heavy (non-hydrogen) atoms. The predicted molar refractivity (Wildman–Crippen MR) is 48.4 cm³/mol. The van der Waals surface area contributed by atoms with Crippen LogP contribution in [0.5, 0.6) is 0 Å². The maximum Gasteiger partial charge on any atom is 0 e. The first-order valence-electron chi connectivity index (χ1n) is 3.46. The third kappa shape index (κ3) is 15.1. The van der Waals surface area contributed by atoms with Gasteiger partial charge in [0.2, 0.25) is 0 Å². The second kappa shape index (κ2) is 23.5. The van der Waals surface area contributed by atoms with Gasteiger partial charge in [0.05, 0.1) is 0 Å². The van der Waals surface area contributed by atoms with E-state index in [1.165, 1.54) is 5.56 Å². The molecule has 0 unspecified atom stereocenters. The predicted octanol–water partition coefficient (Wildman–Crippen LogP) is 1.69. The van der Waals surface area contributed by atoms with E-state index >= 15 is 0 Å². The summed E-state index contributed by atoms with van der Waals surface area (Å²) in [4.78, 5) is 10.1. The number of hydrogen-bond acceptors (Lipinski definition) is 1. The number of benzene rings is 1. The molecule has 0 N–H and O–H groups in total. The average Bonchev–Trinajstić information content (AvgIpc) is 2.38. The van der Waals surface area contributed by atoms with Crippen molar-refractivity contribution in [2.45, 2.75) is 6.92 Å². The molecule has 0 saturated carbocycles. The maximum absolute atomic E-state index is 10.1. The molecule has 0 fully saturated rings. The van der Waals surface area contributed by atoms with E-state index in [0.717, 1.165) is 11.8 Å². The van der Waals surface area contributed by atoms with Gasteiger partial charge >= 0.3 is 33.9 Å². The zero-order valence-corrected chi connectivity index (χ0v) is 9.70. The Balaban J connectivity index is -0.0000000900. The topological polar surface area (TPSA) is 76.8 Å². The Bertz CT molecular complexity index is 297. The van der Waals surface area contributed by atoms with Crippen LogP contribution in [0, 0.1) is 26.9 Å². The van der Waals surface area contributed by atoms with E-state index in [9.17, 15) is 4.79 Å². The van der Waals surface area contributed by atoms with Crippen LogP contribution >= 0.6 is 0 Å². The van der Waals surface area contributed by atoms with Gasteiger partial charge in [-0.25, -0.2) is 0 Å². The van der Waals surface area contributed by atoms with Crippen LogP contribution in [0.1, 0.15) is 15.9 Å². The number of aldehydes is 1. The van der Waals surface area contributed by atoms with Gasteiger partial charge in [0.15, 0.2) is 0 Å². The van der Waals surface area contributed by atoms with Crippen molar-refractivity contribution in [2.75, 3.05) is 0 Å². The second-order valence-corrected chi connectivity index (χ2v) is 2.03. The number of hydrogen-bond donors (Lipinski definition) is 0. The molecule has 0 aliphatic heterocycles. The molecule has 1 aromatic rings. The van der Waals surface area contributed by atoms with E-state index < -0.39 is 0 Å². The van der Waals surface area contributed by atoms with Crippen molar-refractivity contribution in [3.63, 3.8) is 0 Å². The summed E-state index contributed by atoms with van der Waals surface area (Å²) in [6.45, 7) is 15.5. The molecule has 0 saturated heterocycles. The fraction of sp³-hybridized carbons (Fsp3) is 0.0909. The Labute approximate surface area is 105 Å². The molecular weight excluding hydrogens is 248 g/mol. The minimum atomic E-state index is 0. The molecule has 0 spiro atoms. The summed E-state index contributed by atoms with van der Waals surface area (Å²) < 4.78 is 22.5. The van der Waals surface area contributed by atoms with Gasteiger partial charge in [-0.05, 0) is 6.92 Å². The summed E-state index contributed by atoms with van der Waals surface area (Å²) in [7, 11) is 0. The first-order chi connectivity index (χ1) is 7.33. The molecule has 0 amide bonds. The van der Waals surface area contributed by atoms with Gasteiger partial charge in [-0.3, -0.25) is 4.79 Å². The molecule has 0 aromatic heterocycles. The molecule has 4 nitrogen and oxygen atoms in total. The summed E-state index contributed by atoms with van der Waals surface area (Å²) in [6.07, 6.45) is 0.847. The van der Waals surface area contributed by atoms with Crippen LogP contribution in [-0.4, -0.2) is 6.29 Å².